The van der Waals surface area contributed by atoms with E-state index in [0.717, 1.165) is 24.9 Å². The van der Waals surface area contributed by atoms with Gasteiger partial charge in [0.2, 0.25) is 0 Å². The number of hydrogen-bond donors (Lipinski definition) is 1. The van der Waals surface area contributed by atoms with Crippen LogP contribution in [-0.2, 0) is 6.42 Å². The minimum atomic E-state index is 0.281. The van der Waals surface area contributed by atoms with Crippen LogP contribution in [0.25, 0.3) is 10.9 Å². The molecule has 0 aliphatic rings. The molecule has 0 aliphatic heterocycles. The van der Waals surface area contributed by atoms with Crippen LogP contribution in [0.3, 0.4) is 0 Å². The van der Waals surface area contributed by atoms with Crippen LogP contribution in [0.1, 0.15) is 30.0 Å². The van der Waals surface area contributed by atoms with Gasteiger partial charge in [0.1, 0.15) is 0 Å². The first-order valence-corrected chi connectivity index (χ1v) is 8.22. The van der Waals surface area contributed by atoms with Gasteiger partial charge in [-0.3, -0.25) is 4.98 Å². The lowest BCUT2D eigenvalue weighted by molar-refractivity contribution is 0.531. The van der Waals surface area contributed by atoms with Gasteiger partial charge in [-0.1, -0.05) is 25.1 Å². The van der Waals surface area contributed by atoms with Crippen LogP contribution in [-0.4, -0.2) is 16.5 Å². The summed E-state index contributed by atoms with van der Waals surface area (Å²) in [6.45, 7) is 3.20. The van der Waals surface area contributed by atoms with Crippen molar-refractivity contribution in [3.63, 3.8) is 0 Å². The van der Waals surface area contributed by atoms with Crippen molar-refractivity contribution in [2.45, 2.75) is 25.8 Å². The second kappa shape index (κ2) is 6.78. The third-order valence-electron chi connectivity index (χ3n) is 3.56. The molecule has 2 heterocycles. The van der Waals surface area contributed by atoms with E-state index in [4.69, 9.17) is 0 Å². The molecular weight excluding hydrogens is 278 g/mol. The SMILES string of the molecule is CCCNC(Cc1nccs1)c1cccc2ncccc12. The summed E-state index contributed by atoms with van der Waals surface area (Å²) in [5.74, 6) is 0. The summed E-state index contributed by atoms with van der Waals surface area (Å²) in [6, 6.07) is 10.8. The van der Waals surface area contributed by atoms with Crippen LogP contribution in [0.4, 0.5) is 0 Å². The molecule has 4 heteroatoms. The number of hydrogen-bond acceptors (Lipinski definition) is 4. The second-order valence-corrected chi connectivity index (χ2v) is 6.03. The average molecular weight is 297 g/mol. The molecule has 0 saturated carbocycles. The minimum Gasteiger partial charge on any atom is -0.310 e. The number of fused-ring (bicyclic) bond motifs is 1. The lowest BCUT2D eigenvalue weighted by atomic mass is 9.99. The largest absolute Gasteiger partial charge is 0.310 e. The zero-order valence-electron chi connectivity index (χ0n) is 12.1. The quantitative estimate of drug-likeness (QED) is 0.748. The number of thiazole rings is 1. The Kier molecular flexibility index (Phi) is 4.58. The van der Waals surface area contributed by atoms with Crippen LogP contribution in [0.15, 0.2) is 48.1 Å². The molecule has 0 spiro atoms. The zero-order chi connectivity index (χ0) is 14.5. The molecule has 108 valence electrons. The minimum absolute atomic E-state index is 0.281. The Balaban J connectivity index is 1.97. The first kappa shape index (κ1) is 14.2. The molecule has 1 unspecified atom stereocenters. The first-order valence-electron chi connectivity index (χ1n) is 7.34. The maximum absolute atomic E-state index is 4.46. The Morgan fingerprint density at radius 2 is 2.10 bits per heavy atom. The lowest BCUT2D eigenvalue weighted by Gasteiger charge is -2.19. The Bertz CT molecular complexity index is 689. The summed E-state index contributed by atoms with van der Waals surface area (Å²) < 4.78 is 0. The Labute approximate surface area is 129 Å². The molecular formula is C17H19N3S. The van der Waals surface area contributed by atoms with E-state index < -0.39 is 0 Å². The topological polar surface area (TPSA) is 37.8 Å². The van der Waals surface area contributed by atoms with Crippen LogP contribution in [0, 0.1) is 0 Å². The third-order valence-corrected chi connectivity index (χ3v) is 4.36. The van der Waals surface area contributed by atoms with Crippen molar-refractivity contribution >= 4 is 22.2 Å². The van der Waals surface area contributed by atoms with E-state index in [0.29, 0.717) is 0 Å². The highest BCUT2D eigenvalue weighted by Crippen LogP contribution is 2.26. The van der Waals surface area contributed by atoms with E-state index in [2.05, 4.69) is 46.5 Å². The van der Waals surface area contributed by atoms with E-state index in [1.807, 2.05) is 23.8 Å². The maximum atomic E-state index is 4.46. The highest BCUT2D eigenvalue weighted by molar-refractivity contribution is 7.09. The summed E-state index contributed by atoms with van der Waals surface area (Å²) in [4.78, 5) is 8.89. The summed E-state index contributed by atoms with van der Waals surface area (Å²) in [5, 5.41) is 8.09. The third kappa shape index (κ3) is 3.28. The summed E-state index contributed by atoms with van der Waals surface area (Å²) in [6.07, 6.45) is 5.77. The van der Waals surface area contributed by atoms with E-state index in [9.17, 15) is 0 Å². The number of benzene rings is 1. The van der Waals surface area contributed by atoms with Crippen molar-refractivity contribution in [2.24, 2.45) is 0 Å². The highest BCUT2D eigenvalue weighted by atomic mass is 32.1. The van der Waals surface area contributed by atoms with Gasteiger partial charge in [-0.05, 0) is 30.7 Å². The fourth-order valence-corrected chi connectivity index (χ4v) is 3.23. The Hall–Kier alpha value is -1.78. The molecule has 0 bridgehead atoms. The van der Waals surface area contributed by atoms with E-state index in [-0.39, 0.29) is 6.04 Å². The van der Waals surface area contributed by atoms with Gasteiger partial charge in [-0.15, -0.1) is 11.3 Å². The van der Waals surface area contributed by atoms with Crippen molar-refractivity contribution < 1.29 is 0 Å². The predicted molar refractivity (Wildman–Crippen MR) is 88.6 cm³/mol. The Morgan fingerprint density at radius 3 is 2.90 bits per heavy atom. The molecule has 21 heavy (non-hydrogen) atoms. The Morgan fingerprint density at radius 1 is 1.14 bits per heavy atom. The summed E-state index contributed by atoms with van der Waals surface area (Å²) >= 11 is 1.72. The second-order valence-electron chi connectivity index (χ2n) is 5.05. The first-order chi connectivity index (χ1) is 10.4. The van der Waals surface area contributed by atoms with E-state index in [1.54, 1.807) is 11.3 Å². The maximum Gasteiger partial charge on any atom is 0.0943 e. The van der Waals surface area contributed by atoms with Crippen LogP contribution in [0.2, 0.25) is 0 Å². The number of nitrogens with zero attached hydrogens (tertiary/aromatic N) is 2. The van der Waals surface area contributed by atoms with Crippen LogP contribution < -0.4 is 5.32 Å². The molecule has 0 aliphatic carbocycles. The predicted octanol–water partition coefficient (Wildman–Crippen LogP) is 3.97. The van der Waals surface area contributed by atoms with Crippen molar-refractivity contribution in [1.29, 1.82) is 0 Å². The molecule has 3 aromatic rings. The van der Waals surface area contributed by atoms with Crippen molar-refractivity contribution in [1.82, 2.24) is 15.3 Å². The number of pyridine rings is 1. The molecule has 0 radical (unpaired) electrons. The standard InChI is InChI=1S/C17H19N3S/c1-2-8-18-16(12-17-20-10-11-21-17)14-5-3-7-15-13(14)6-4-9-19-15/h3-7,9-11,16,18H,2,8,12H2,1H3. The molecule has 2 aromatic heterocycles. The fraction of sp³-hybridized carbons (Fsp3) is 0.294. The van der Waals surface area contributed by atoms with Gasteiger partial charge in [-0.2, -0.15) is 0 Å². The average Bonchev–Trinajstić information content (AvgIpc) is 3.04. The van der Waals surface area contributed by atoms with E-state index in [1.165, 1.54) is 16.0 Å². The lowest BCUT2D eigenvalue weighted by Crippen LogP contribution is -2.24. The number of nitrogens with one attached hydrogen (secondary N) is 1. The van der Waals surface area contributed by atoms with E-state index >= 15 is 0 Å². The molecule has 0 fully saturated rings. The van der Waals surface area contributed by atoms with Gasteiger partial charge >= 0.3 is 0 Å². The summed E-state index contributed by atoms with van der Waals surface area (Å²) in [5.41, 5.74) is 2.36. The highest BCUT2D eigenvalue weighted by Gasteiger charge is 2.15. The smallest absolute Gasteiger partial charge is 0.0943 e. The van der Waals surface area contributed by atoms with Crippen LogP contribution >= 0.6 is 11.3 Å². The molecule has 0 amide bonds. The molecule has 3 nitrogen and oxygen atoms in total. The molecule has 0 saturated heterocycles. The van der Waals surface area contributed by atoms with Crippen molar-refractivity contribution in [3.8, 4) is 0 Å². The van der Waals surface area contributed by atoms with Crippen LogP contribution in [0.5, 0.6) is 0 Å². The van der Waals surface area contributed by atoms with Gasteiger partial charge in [0, 0.05) is 35.6 Å². The van der Waals surface area contributed by atoms with Gasteiger partial charge < -0.3 is 5.32 Å². The van der Waals surface area contributed by atoms with Gasteiger partial charge in [0.15, 0.2) is 0 Å². The van der Waals surface area contributed by atoms with Crippen molar-refractivity contribution in [3.05, 3.63) is 58.7 Å². The number of rotatable bonds is 6. The molecule has 1 atom stereocenters. The van der Waals surface area contributed by atoms with Gasteiger partial charge in [0.05, 0.1) is 10.5 Å². The normalized spacial score (nSPS) is 12.6. The van der Waals surface area contributed by atoms with Gasteiger partial charge in [-0.25, -0.2) is 4.98 Å². The fourth-order valence-electron chi connectivity index (χ4n) is 2.57. The zero-order valence-corrected chi connectivity index (χ0v) is 12.9. The monoisotopic (exact) mass is 297 g/mol. The number of aromatic nitrogens is 2. The molecule has 1 aromatic carbocycles. The van der Waals surface area contributed by atoms with Gasteiger partial charge in [0.25, 0.3) is 0 Å². The molecule has 3 rings (SSSR count). The summed E-state index contributed by atoms with van der Waals surface area (Å²) in [7, 11) is 0. The van der Waals surface area contributed by atoms with Crippen molar-refractivity contribution in [2.75, 3.05) is 6.54 Å². The molecule has 1 N–H and O–H groups in total.